The second kappa shape index (κ2) is 8.75. The average molecular weight is 392 g/mol. The second-order valence-corrected chi connectivity index (χ2v) is 6.14. The van der Waals surface area contributed by atoms with E-state index in [2.05, 4.69) is 5.32 Å². The number of methoxy groups -OCH3 is 1. The number of anilines is 1. The predicted molar refractivity (Wildman–Crippen MR) is 105 cm³/mol. The number of carbonyl (C=O) groups is 2. The maximum atomic E-state index is 12.4. The molecule has 1 N–H and O–H groups in total. The smallest absolute Gasteiger partial charge is 0.290 e. The van der Waals surface area contributed by atoms with Crippen LogP contribution in [0, 0.1) is 10.1 Å². The number of nitro groups is 1. The molecule has 0 radical (unpaired) electrons. The van der Waals surface area contributed by atoms with E-state index in [1.54, 1.807) is 53.4 Å². The minimum Gasteiger partial charge on any atom is -0.494 e. The molecule has 0 aliphatic heterocycles. The zero-order valence-corrected chi connectivity index (χ0v) is 15.6. The Balaban J connectivity index is 1.67. The molecule has 3 aromatic rings. The van der Waals surface area contributed by atoms with Crippen molar-refractivity contribution in [1.82, 2.24) is 0 Å². The number of amides is 1. The Labute approximate surface area is 166 Å². The molecule has 0 spiro atoms. The lowest BCUT2D eigenvalue weighted by Gasteiger charge is -2.08. The van der Waals surface area contributed by atoms with Gasteiger partial charge in [-0.25, -0.2) is 0 Å². The van der Waals surface area contributed by atoms with Crippen molar-refractivity contribution in [2.45, 2.75) is 6.54 Å². The molecule has 1 aromatic heterocycles. The molecule has 0 saturated carbocycles. The number of carbonyl (C=O) groups excluding carboxylic acids is 2. The fourth-order valence-corrected chi connectivity index (χ4v) is 2.72. The third kappa shape index (κ3) is 4.81. The Kier molecular flexibility index (Phi) is 5.94. The van der Waals surface area contributed by atoms with E-state index in [4.69, 9.17) is 4.74 Å². The number of benzene rings is 2. The van der Waals surface area contributed by atoms with Gasteiger partial charge in [0, 0.05) is 29.3 Å². The summed E-state index contributed by atoms with van der Waals surface area (Å²) < 4.78 is 6.73. The fourth-order valence-electron chi connectivity index (χ4n) is 2.72. The largest absolute Gasteiger partial charge is 0.494 e. The summed E-state index contributed by atoms with van der Waals surface area (Å²) in [5, 5.41) is 13.5. The molecular formula is C21H18N3O5+. The van der Waals surface area contributed by atoms with Gasteiger partial charge < -0.3 is 10.1 Å². The van der Waals surface area contributed by atoms with Gasteiger partial charge >= 0.3 is 0 Å². The zero-order valence-electron chi connectivity index (χ0n) is 15.6. The second-order valence-electron chi connectivity index (χ2n) is 6.14. The van der Waals surface area contributed by atoms with Crippen molar-refractivity contribution in [2.75, 3.05) is 12.4 Å². The van der Waals surface area contributed by atoms with E-state index in [9.17, 15) is 19.7 Å². The molecule has 0 fully saturated rings. The van der Waals surface area contributed by atoms with Crippen molar-refractivity contribution in [3.05, 3.63) is 94.3 Å². The summed E-state index contributed by atoms with van der Waals surface area (Å²) in [6, 6.07) is 16.2. The molecule has 0 saturated heterocycles. The number of nitro benzene ring substituents is 1. The lowest BCUT2D eigenvalue weighted by atomic mass is 10.0. The molecular weight excluding hydrogens is 374 g/mol. The Morgan fingerprint density at radius 3 is 2.31 bits per heavy atom. The Morgan fingerprint density at radius 1 is 1.03 bits per heavy atom. The first kappa shape index (κ1) is 19.7. The molecule has 146 valence electrons. The third-order valence-corrected chi connectivity index (χ3v) is 4.19. The average Bonchev–Trinajstić information content (AvgIpc) is 2.74. The van der Waals surface area contributed by atoms with Gasteiger partial charge in [-0.2, -0.15) is 4.57 Å². The number of ketones is 1. The number of rotatable bonds is 7. The molecule has 0 bridgehead atoms. The van der Waals surface area contributed by atoms with E-state index in [-0.39, 0.29) is 29.7 Å². The fraction of sp³-hybridized carbons (Fsp3) is 0.0952. The summed E-state index contributed by atoms with van der Waals surface area (Å²) in [5.41, 5.74) is 1.31. The van der Waals surface area contributed by atoms with E-state index in [0.29, 0.717) is 16.8 Å². The summed E-state index contributed by atoms with van der Waals surface area (Å²) >= 11 is 0. The summed E-state index contributed by atoms with van der Waals surface area (Å²) in [6.45, 7) is -0.0000503. The van der Waals surface area contributed by atoms with Gasteiger partial charge in [0.25, 0.3) is 11.6 Å². The highest BCUT2D eigenvalue weighted by molar-refractivity contribution is 6.08. The van der Waals surface area contributed by atoms with Crippen LogP contribution in [0.15, 0.2) is 73.1 Å². The molecule has 0 atom stereocenters. The molecule has 8 heteroatoms. The molecule has 1 amide bonds. The molecule has 1 heterocycles. The molecule has 3 rings (SSSR count). The number of hydrogen-bond donors (Lipinski definition) is 1. The Hall–Kier alpha value is -4.07. The number of aromatic nitrogens is 1. The van der Waals surface area contributed by atoms with Crippen molar-refractivity contribution < 1.29 is 23.8 Å². The third-order valence-electron chi connectivity index (χ3n) is 4.19. The number of ether oxygens (including phenoxy) is 1. The van der Waals surface area contributed by atoms with Crippen LogP contribution in [0.2, 0.25) is 0 Å². The number of non-ortho nitro benzene ring substituents is 1. The Bertz CT molecular complexity index is 1050. The maximum Gasteiger partial charge on any atom is 0.290 e. The zero-order chi connectivity index (χ0) is 20.8. The first-order valence-corrected chi connectivity index (χ1v) is 8.69. The minimum absolute atomic E-state index is 0.0000503. The summed E-state index contributed by atoms with van der Waals surface area (Å²) in [6.07, 6.45) is 3.28. The van der Waals surface area contributed by atoms with Crippen LogP contribution in [0.3, 0.4) is 0 Å². The van der Waals surface area contributed by atoms with Crippen LogP contribution < -0.4 is 14.6 Å². The Morgan fingerprint density at radius 2 is 1.69 bits per heavy atom. The summed E-state index contributed by atoms with van der Waals surface area (Å²) in [7, 11) is 1.37. The lowest BCUT2D eigenvalue weighted by Crippen LogP contribution is -2.39. The van der Waals surface area contributed by atoms with Crippen molar-refractivity contribution >= 4 is 23.1 Å². The van der Waals surface area contributed by atoms with E-state index in [1.165, 1.54) is 25.3 Å². The first-order valence-electron chi connectivity index (χ1n) is 8.69. The quantitative estimate of drug-likeness (QED) is 0.288. The van der Waals surface area contributed by atoms with Crippen molar-refractivity contribution in [3.63, 3.8) is 0 Å². The van der Waals surface area contributed by atoms with Crippen LogP contribution in [0.1, 0.15) is 15.9 Å². The number of nitrogens with one attached hydrogen (secondary N) is 1. The molecule has 8 nitrogen and oxygen atoms in total. The highest BCUT2D eigenvalue weighted by Gasteiger charge is 2.16. The van der Waals surface area contributed by atoms with Crippen molar-refractivity contribution in [2.24, 2.45) is 0 Å². The van der Waals surface area contributed by atoms with Crippen LogP contribution in [0.25, 0.3) is 0 Å². The van der Waals surface area contributed by atoms with E-state index in [1.807, 2.05) is 6.07 Å². The van der Waals surface area contributed by atoms with Crippen molar-refractivity contribution in [3.8, 4) is 5.75 Å². The maximum absolute atomic E-state index is 12.4. The monoisotopic (exact) mass is 392 g/mol. The highest BCUT2D eigenvalue weighted by Crippen LogP contribution is 2.28. The lowest BCUT2D eigenvalue weighted by molar-refractivity contribution is -0.684. The minimum atomic E-state index is -0.539. The summed E-state index contributed by atoms with van der Waals surface area (Å²) in [4.78, 5) is 35.0. The molecule has 0 aliphatic rings. The van der Waals surface area contributed by atoms with Gasteiger partial charge in [-0.05, 0) is 6.07 Å². The van der Waals surface area contributed by atoms with Crippen LogP contribution >= 0.6 is 0 Å². The standard InChI is InChI=1S/C21H17N3O5/c1-29-19-13-17(24(27)28)7-8-18(19)22-20(25)14-23-11-9-16(10-12-23)21(26)15-5-3-2-4-6-15/h2-13H,14H2,1H3/p+1. The number of hydrogen-bond acceptors (Lipinski definition) is 5. The summed E-state index contributed by atoms with van der Waals surface area (Å²) in [5.74, 6) is -0.247. The molecule has 0 unspecified atom stereocenters. The van der Waals surface area contributed by atoms with Gasteiger partial charge in [-0.3, -0.25) is 19.7 Å². The topological polar surface area (TPSA) is 102 Å². The van der Waals surface area contributed by atoms with Crippen LogP contribution in [-0.2, 0) is 11.3 Å². The first-order chi connectivity index (χ1) is 14.0. The van der Waals surface area contributed by atoms with Crippen LogP contribution in [0.5, 0.6) is 5.75 Å². The van der Waals surface area contributed by atoms with Gasteiger partial charge in [0.1, 0.15) is 5.75 Å². The number of pyridine rings is 1. The normalized spacial score (nSPS) is 10.2. The van der Waals surface area contributed by atoms with Gasteiger partial charge in [0.15, 0.2) is 18.2 Å². The predicted octanol–water partition coefficient (Wildman–Crippen LogP) is 2.76. The van der Waals surface area contributed by atoms with Gasteiger partial charge in [-0.15, -0.1) is 0 Å². The van der Waals surface area contributed by atoms with E-state index >= 15 is 0 Å². The van der Waals surface area contributed by atoms with Gasteiger partial charge in [0.2, 0.25) is 6.54 Å². The van der Waals surface area contributed by atoms with Crippen LogP contribution in [0.4, 0.5) is 11.4 Å². The molecule has 0 aliphatic carbocycles. The van der Waals surface area contributed by atoms with Crippen molar-refractivity contribution in [1.29, 1.82) is 0 Å². The number of nitrogens with zero attached hydrogens (tertiary/aromatic N) is 2. The van der Waals surface area contributed by atoms with Gasteiger partial charge in [-0.1, -0.05) is 30.3 Å². The van der Waals surface area contributed by atoms with E-state index < -0.39 is 4.92 Å². The SMILES string of the molecule is COc1cc([N+](=O)[O-])ccc1NC(=O)C[n+]1ccc(C(=O)c2ccccc2)cc1. The van der Waals surface area contributed by atoms with E-state index in [0.717, 1.165) is 0 Å². The highest BCUT2D eigenvalue weighted by atomic mass is 16.6. The van der Waals surface area contributed by atoms with Gasteiger partial charge in [0.05, 0.1) is 23.8 Å². The molecule has 2 aromatic carbocycles. The van der Waals surface area contributed by atoms with Crippen LogP contribution in [-0.4, -0.2) is 23.7 Å². The molecule has 29 heavy (non-hydrogen) atoms.